The van der Waals surface area contributed by atoms with Gasteiger partial charge in [-0.15, -0.1) is 0 Å². The van der Waals surface area contributed by atoms with E-state index in [1.165, 1.54) is 25.3 Å². The Morgan fingerprint density at radius 2 is 1.67 bits per heavy atom. The number of hydrogen-bond acceptors (Lipinski definition) is 7. The van der Waals surface area contributed by atoms with Crippen molar-refractivity contribution in [1.82, 2.24) is 15.5 Å². The molecule has 1 saturated carbocycles. The van der Waals surface area contributed by atoms with Gasteiger partial charge in [0.05, 0.1) is 24.9 Å². The first-order valence-electron chi connectivity index (χ1n) is 18.9. The molecule has 0 bridgehead atoms. The lowest BCUT2D eigenvalue weighted by atomic mass is 9.75. The van der Waals surface area contributed by atoms with Gasteiger partial charge in [-0.2, -0.15) is 0 Å². The van der Waals surface area contributed by atoms with Crippen LogP contribution in [0.3, 0.4) is 0 Å². The van der Waals surface area contributed by atoms with E-state index in [4.69, 9.17) is 14.2 Å². The number of nitrogens with one attached hydrogen (secondary N) is 2. The second kappa shape index (κ2) is 17.2. The topological polar surface area (TPSA) is 109 Å². The van der Waals surface area contributed by atoms with E-state index in [0.29, 0.717) is 31.5 Å². The lowest BCUT2D eigenvalue weighted by Crippen LogP contribution is -2.61. The van der Waals surface area contributed by atoms with Gasteiger partial charge in [0, 0.05) is 36.7 Å². The molecule has 2 aliphatic heterocycles. The smallest absolute Gasteiger partial charge is 0.407 e. The zero-order valence-corrected chi connectivity index (χ0v) is 30.9. The number of fused-ring (bicyclic) bond motifs is 1. The van der Waals surface area contributed by atoms with Crippen LogP contribution in [0.15, 0.2) is 85.5 Å². The summed E-state index contributed by atoms with van der Waals surface area (Å²) in [5.74, 6) is 0.720. The normalized spacial score (nSPS) is 25.1. The Bertz CT molecular complexity index is 1650. The van der Waals surface area contributed by atoms with E-state index in [2.05, 4.69) is 52.4 Å². The third kappa shape index (κ3) is 9.69. The number of carbonyl (C=O) groups is 2. The molecule has 0 aromatic heterocycles. The molecule has 3 aliphatic rings. The maximum absolute atomic E-state index is 13.8. The maximum atomic E-state index is 13.8. The van der Waals surface area contributed by atoms with Crippen LogP contribution in [0.2, 0.25) is 0 Å². The Hall–Kier alpha value is -4.02. The molecule has 1 aliphatic carbocycles. The number of ether oxygens (including phenoxy) is 3. The molecule has 278 valence electrons. The van der Waals surface area contributed by atoms with Gasteiger partial charge >= 0.3 is 6.09 Å². The third-order valence-electron chi connectivity index (χ3n) is 10.5. The standard InChI is InChI=1S/C43H55N3O6/c1-5-23-50-42(49)44-26-30-9-8-11-35(24-30)31-17-19-34(20-18-31)41-51-36(25-39(52-41)33-15-13-29(28-47)14-16-33)27-46-37-12-7-6-10-32(37)21-22-38(46)40(48)45-43(2,3)4/h5,8-9,11,13-20,24,32,36-39,41,47H,1,6-7,10,12,21-23,25-28H2,2-4H3,(H,44,49)(H,45,48)/t32-,36-,37-,38-,39+,41+/m1/s1. The quantitative estimate of drug-likeness (QED) is 0.175. The van der Waals surface area contributed by atoms with Gasteiger partial charge in [0.15, 0.2) is 6.29 Å². The highest BCUT2D eigenvalue weighted by atomic mass is 16.7. The Balaban J connectivity index is 1.23. The fourth-order valence-electron chi connectivity index (χ4n) is 8.05. The molecule has 2 saturated heterocycles. The summed E-state index contributed by atoms with van der Waals surface area (Å²) < 4.78 is 18.6. The van der Waals surface area contributed by atoms with Crippen molar-refractivity contribution in [2.24, 2.45) is 5.92 Å². The number of aliphatic hydroxyl groups is 1. The van der Waals surface area contributed by atoms with Gasteiger partial charge in [-0.3, -0.25) is 9.69 Å². The van der Waals surface area contributed by atoms with Gasteiger partial charge in [-0.25, -0.2) is 4.79 Å². The van der Waals surface area contributed by atoms with Crippen LogP contribution in [0, 0.1) is 5.92 Å². The van der Waals surface area contributed by atoms with Crippen molar-refractivity contribution in [3.8, 4) is 11.1 Å². The van der Waals surface area contributed by atoms with Gasteiger partial charge in [0.1, 0.15) is 6.61 Å². The highest BCUT2D eigenvalue weighted by Gasteiger charge is 2.44. The summed E-state index contributed by atoms with van der Waals surface area (Å²) in [7, 11) is 0. The van der Waals surface area contributed by atoms with E-state index in [-0.39, 0.29) is 42.9 Å². The van der Waals surface area contributed by atoms with Crippen molar-refractivity contribution in [3.05, 3.63) is 108 Å². The molecule has 0 unspecified atom stereocenters. The number of aliphatic hydroxyl groups excluding tert-OH is 1. The molecule has 9 heteroatoms. The fraction of sp³-hybridized carbons (Fsp3) is 0.488. The molecule has 3 aromatic rings. The first-order chi connectivity index (χ1) is 25.1. The molecule has 3 fully saturated rings. The summed E-state index contributed by atoms with van der Waals surface area (Å²) in [5.41, 5.74) is 5.54. The summed E-state index contributed by atoms with van der Waals surface area (Å²) in [6, 6.07) is 24.5. The van der Waals surface area contributed by atoms with E-state index < -0.39 is 12.4 Å². The zero-order chi connectivity index (χ0) is 36.7. The van der Waals surface area contributed by atoms with Crippen molar-refractivity contribution in [2.75, 3.05) is 13.2 Å². The lowest BCUT2D eigenvalue weighted by Gasteiger charge is -2.50. The largest absolute Gasteiger partial charge is 0.445 e. The van der Waals surface area contributed by atoms with E-state index in [1.54, 1.807) is 0 Å². The number of piperidine rings is 1. The number of amides is 2. The fourth-order valence-corrected chi connectivity index (χ4v) is 8.05. The molecule has 52 heavy (non-hydrogen) atoms. The predicted molar refractivity (Wildman–Crippen MR) is 202 cm³/mol. The maximum Gasteiger partial charge on any atom is 0.407 e. The van der Waals surface area contributed by atoms with Crippen molar-refractivity contribution >= 4 is 12.0 Å². The van der Waals surface area contributed by atoms with Crippen LogP contribution >= 0.6 is 0 Å². The van der Waals surface area contributed by atoms with Crippen LogP contribution in [-0.2, 0) is 32.2 Å². The predicted octanol–water partition coefficient (Wildman–Crippen LogP) is 7.74. The molecule has 0 spiro atoms. The van der Waals surface area contributed by atoms with Crippen molar-refractivity contribution in [1.29, 1.82) is 0 Å². The summed E-state index contributed by atoms with van der Waals surface area (Å²) in [5, 5.41) is 15.7. The number of carbonyl (C=O) groups excluding carboxylic acids is 2. The average molecular weight is 710 g/mol. The molecule has 6 atom stereocenters. The van der Waals surface area contributed by atoms with Gasteiger partial charge < -0.3 is 30.0 Å². The van der Waals surface area contributed by atoms with E-state index in [1.807, 2.05) is 63.2 Å². The van der Waals surface area contributed by atoms with Gasteiger partial charge in [0.2, 0.25) is 5.91 Å². The van der Waals surface area contributed by atoms with Crippen LogP contribution in [0.5, 0.6) is 0 Å². The first kappa shape index (κ1) is 37.7. The highest BCUT2D eigenvalue weighted by molar-refractivity contribution is 5.82. The van der Waals surface area contributed by atoms with Crippen molar-refractivity contribution < 1.29 is 28.9 Å². The Kier molecular flexibility index (Phi) is 12.5. The number of likely N-dealkylation sites (tertiary alicyclic amines) is 1. The minimum Gasteiger partial charge on any atom is -0.445 e. The molecule has 9 nitrogen and oxygen atoms in total. The Morgan fingerprint density at radius 3 is 2.40 bits per heavy atom. The van der Waals surface area contributed by atoms with Crippen molar-refractivity contribution in [3.63, 3.8) is 0 Å². The van der Waals surface area contributed by atoms with Gasteiger partial charge in [-0.1, -0.05) is 92.2 Å². The average Bonchev–Trinajstić information content (AvgIpc) is 3.15. The second-order valence-corrected chi connectivity index (χ2v) is 15.6. The molecule has 0 radical (unpaired) electrons. The van der Waals surface area contributed by atoms with Crippen molar-refractivity contribution in [2.45, 2.75) is 115 Å². The Morgan fingerprint density at radius 1 is 0.923 bits per heavy atom. The highest BCUT2D eigenvalue weighted by Crippen LogP contribution is 2.42. The van der Waals surface area contributed by atoms with Crippen LogP contribution < -0.4 is 10.6 Å². The number of hydrogen-bond donors (Lipinski definition) is 3. The monoisotopic (exact) mass is 709 g/mol. The summed E-state index contributed by atoms with van der Waals surface area (Å²) in [4.78, 5) is 28.2. The van der Waals surface area contributed by atoms with Crippen LogP contribution in [0.25, 0.3) is 11.1 Å². The summed E-state index contributed by atoms with van der Waals surface area (Å²) in [6.45, 7) is 10.9. The molecular formula is C43H55N3O6. The van der Waals surface area contributed by atoms with E-state index in [9.17, 15) is 14.7 Å². The minimum absolute atomic E-state index is 0.0102. The van der Waals surface area contributed by atoms with E-state index >= 15 is 0 Å². The number of rotatable bonds is 11. The summed E-state index contributed by atoms with van der Waals surface area (Å²) >= 11 is 0. The van der Waals surface area contributed by atoms with E-state index in [0.717, 1.165) is 52.6 Å². The van der Waals surface area contributed by atoms with Gasteiger partial charge in [-0.05, 0) is 86.3 Å². The number of benzene rings is 3. The second-order valence-electron chi connectivity index (χ2n) is 15.6. The molecule has 3 N–H and O–H groups in total. The molecule has 2 amide bonds. The molecule has 3 aromatic carbocycles. The Labute approximate surface area is 308 Å². The molecular weight excluding hydrogens is 654 g/mol. The van der Waals surface area contributed by atoms with Crippen LogP contribution in [0.1, 0.15) is 100 Å². The SMILES string of the molecule is C=CCOC(=O)NCc1cccc(-c2ccc([C@H]3O[C@@H](CN4[C@@H](C(=O)NC(C)(C)C)CC[C@H]5CCCC[C@H]54)C[C@@H](c4ccc(CO)cc4)O3)cc2)c1. The van der Waals surface area contributed by atoms with Crippen LogP contribution in [0.4, 0.5) is 4.79 Å². The third-order valence-corrected chi connectivity index (χ3v) is 10.5. The first-order valence-corrected chi connectivity index (χ1v) is 18.9. The zero-order valence-electron chi connectivity index (χ0n) is 30.9. The lowest BCUT2D eigenvalue weighted by molar-refractivity contribution is -0.255. The minimum atomic E-state index is -0.596. The molecule has 6 rings (SSSR count). The number of alkyl carbamates (subject to hydrolysis) is 1. The molecule has 2 heterocycles. The van der Waals surface area contributed by atoms with Gasteiger partial charge in [0.25, 0.3) is 0 Å². The number of nitrogens with zero attached hydrogens (tertiary/aromatic N) is 1. The van der Waals surface area contributed by atoms with Crippen LogP contribution in [-0.4, -0.2) is 58.9 Å². The summed E-state index contributed by atoms with van der Waals surface area (Å²) in [6.07, 6.45) is 7.49.